The minimum absolute atomic E-state index is 0.226. The summed E-state index contributed by atoms with van der Waals surface area (Å²) in [6.45, 7) is 9.28. The smallest absolute Gasteiger partial charge is 0.247 e. The second-order valence-electron chi connectivity index (χ2n) is 8.77. The number of nitrogens with one attached hydrogen (secondary N) is 2. The monoisotopic (exact) mass is 570 g/mol. The highest BCUT2D eigenvalue weighted by Crippen LogP contribution is 2.44. The third-order valence-corrected chi connectivity index (χ3v) is 6.55. The van der Waals surface area contributed by atoms with Gasteiger partial charge >= 0.3 is 0 Å². The quantitative estimate of drug-likeness (QED) is 0.279. The topological polar surface area (TPSA) is 114 Å². The molecule has 0 aromatic heterocycles. The number of amidine groups is 1. The number of nitrogen functional groups attached to an aromatic ring is 1. The van der Waals surface area contributed by atoms with Crippen molar-refractivity contribution in [2.45, 2.75) is 6.54 Å². The maximum Gasteiger partial charge on any atom is 0.247 e. The van der Waals surface area contributed by atoms with Crippen LogP contribution >= 0.6 is 23.2 Å². The van der Waals surface area contributed by atoms with Crippen molar-refractivity contribution in [2.24, 2.45) is 9.98 Å². The van der Waals surface area contributed by atoms with Crippen molar-refractivity contribution in [2.75, 3.05) is 52.5 Å². The number of nitrogens with zero attached hydrogens (tertiary/aromatic N) is 3. The van der Waals surface area contributed by atoms with E-state index in [1.807, 2.05) is 25.1 Å². The van der Waals surface area contributed by atoms with Crippen LogP contribution in [0.25, 0.3) is 5.70 Å². The van der Waals surface area contributed by atoms with E-state index in [-0.39, 0.29) is 12.5 Å². The number of para-hydroxylation sites is 1. The van der Waals surface area contributed by atoms with Crippen molar-refractivity contribution in [1.82, 2.24) is 10.2 Å². The number of ether oxygens (including phenoxy) is 2. The maximum absolute atomic E-state index is 11.8. The van der Waals surface area contributed by atoms with Gasteiger partial charge in [0, 0.05) is 24.7 Å². The molecule has 0 atom stereocenters. The number of likely N-dealkylation sites (N-methyl/N-ethyl adjacent to an activating group) is 1. The molecule has 2 aromatic rings. The number of hydrogen-bond acceptors (Lipinski definition) is 8. The van der Waals surface area contributed by atoms with Gasteiger partial charge < -0.3 is 30.7 Å². The largest absolute Gasteiger partial charge is 0.495 e. The number of methoxy groups -OCH3 is 2. The highest BCUT2D eigenvalue weighted by molar-refractivity contribution is 6.50. The number of carbonyl (C=O) groups excluding carboxylic acids is 1. The molecule has 9 nitrogen and oxygen atoms in total. The third kappa shape index (κ3) is 7.00. The SMILES string of the molecule is C=CC(=O)Nc1cccc(C/N=C2/C(=C)C=C(c3c(Cl)c(OC)cc(OC)c3Cl)N=C2NCCN(C)C)c1N. The number of allylic oxidation sites excluding steroid dienone is 1. The van der Waals surface area contributed by atoms with Crippen LogP contribution in [0.3, 0.4) is 0 Å². The number of amides is 1. The molecule has 0 fully saturated rings. The fourth-order valence-corrected chi connectivity index (χ4v) is 4.43. The standard InChI is InChI=1S/C28H32Cl2N6O3/c1-7-22(37)34-18-10-8-9-17(26(18)31)15-33-27-16(2)13-19(35-28(27)32-11-12-36(3)4)23-24(29)20(38-5)14-21(39-6)25(23)30/h7-10,13-14H,1-2,11-12,15,31H2,3-6H3,(H,32,35)(H,34,37)/b33-27-. The average Bonchev–Trinajstić information content (AvgIpc) is 2.90. The van der Waals surface area contributed by atoms with Crippen LogP contribution in [0.1, 0.15) is 11.1 Å². The molecule has 0 saturated carbocycles. The van der Waals surface area contributed by atoms with Crippen LogP contribution in [-0.2, 0) is 11.3 Å². The Kier molecular flexibility index (Phi) is 10.2. The molecular weight excluding hydrogens is 539 g/mol. The summed E-state index contributed by atoms with van der Waals surface area (Å²) >= 11 is 13.3. The molecule has 2 aromatic carbocycles. The lowest BCUT2D eigenvalue weighted by molar-refractivity contribution is -0.111. The van der Waals surface area contributed by atoms with Gasteiger partial charge in [-0.15, -0.1) is 0 Å². The number of aliphatic imine (C=N–C) groups is 2. The molecule has 0 aliphatic carbocycles. The Labute approximate surface area is 238 Å². The van der Waals surface area contributed by atoms with E-state index in [2.05, 4.69) is 23.8 Å². The van der Waals surface area contributed by atoms with E-state index in [9.17, 15) is 4.79 Å². The molecule has 11 heteroatoms. The number of anilines is 2. The first-order valence-electron chi connectivity index (χ1n) is 11.9. The lowest BCUT2D eigenvalue weighted by Gasteiger charge is -2.22. The van der Waals surface area contributed by atoms with Crippen LogP contribution in [0.4, 0.5) is 11.4 Å². The van der Waals surface area contributed by atoms with Crippen molar-refractivity contribution in [3.05, 3.63) is 76.3 Å². The number of rotatable bonds is 10. The molecule has 0 spiro atoms. The van der Waals surface area contributed by atoms with Gasteiger partial charge in [0.1, 0.15) is 17.2 Å². The zero-order valence-corrected chi connectivity index (χ0v) is 23.9. The van der Waals surface area contributed by atoms with E-state index in [4.69, 9.17) is 48.4 Å². The van der Waals surface area contributed by atoms with Gasteiger partial charge in [-0.2, -0.15) is 0 Å². The molecule has 1 aliphatic heterocycles. The summed E-state index contributed by atoms with van der Waals surface area (Å²) in [4.78, 5) is 23.4. The number of halogens is 2. The Morgan fingerprint density at radius 3 is 2.46 bits per heavy atom. The number of hydrogen-bond donors (Lipinski definition) is 3. The highest BCUT2D eigenvalue weighted by atomic mass is 35.5. The van der Waals surface area contributed by atoms with E-state index in [0.29, 0.717) is 67.8 Å². The number of nitrogens with two attached hydrogens (primary N) is 1. The normalized spacial score (nSPS) is 14.1. The van der Waals surface area contributed by atoms with Crippen LogP contribution in [0.5, 0.6) is 11.5 Å². The van der Waals surface area contributed by atoms with Gasteiger partial charge in [-0.05, 0) is 43.5 Å². The van der Waals surface area contributed by atoms with E-state index in [0.717, 1.165) is 12.1 Å². The van der Waals surface area contributed by atoms with Gasteiger partial charge in [0.15, 0.2) is 5.84 Å². The first kappa shape index (κ1) is 29.8. The molecule has 206 valence electrons. The van der Waals surface area contributed by atoms with E-state index in [1.165, 1.54) is 20.3 Å². The average molecular weight is 572 g/mol. The lowest BCUT2D eigenvalue weighted by atomic mass is 10.0. The van der Waals surface area contributed by atoms with Crippen LogP contribution in [0.15, 0.2) is 65.1 Å². The molecule has 3 rings (SSSR count). The molecule has 0 saturated heterocycles. The number of benzene rings is 2. The van der Waals surface area contributed by atoms with Crippen LogP contribution < -0.4 is 25.8 Å². The van der Waals surface area contributed by atoms with Crippen molar-refractivity contribution in [3.63, 3.8) is 0 Å². The van der Waals surface area contributed by atoms with E-state index >= 15 is 0 Å². The van der Waals surface area contributed by atoms with Gasteiger partial charge in [-0.25, -0.2) is 4.99 Å². The van der Waals surface area contributed by atoms with Crippen LogP contribution in [0, 0.1) is 0 Å². The maximum atomic E-state index is 11.8. The highest BCUT2D eigenvalue weighted by Gasteiger charge is 2.25. The lowest BCUT2D eigenvalue weighted by Crippen LogP contribution is -2.38. The number of carbonyl (C=O) groups is 1. The Hall–Kier alpha value is -3.79. The zero-order valence-electron chi connectivity index (χ0n) is 22.4. The van der Waals surface area contributed by atoms with Gasteiger partial charge in [-0.1, -0.05) is 48.5 Å². The van der Waals surface area contributed by atoms with Gasteiger partial charge in [0.05, 0.1) is 47.9 Å². The Balaban J connectivity index is 2.04. The van der Waals surface area contributed by atoms with E-state index in [1.54, 1.807) is 24.3 Å². The van der Waals surface area contributed by atoms with Gasteiger partial charge in [0.25, 0.3) is 0 Å². The fourth-order valence-electron chi connectivity index (χ4n) is 3.74. The molecule has 1 aliphatic rings. The Morgan fingerprint density at radius 2 is 1.87 bits per heavy atom. The Morgan fingerprint density at radius 1 is 1.21 bits per heavy atom. The molecule has 1 amide bonds. The summed E-state index contributed by atoms with van der Waals surface area (Å²) in [7, 11) is 6.98. The molecular formula is C28H32Cl2N6O3. The molecule has 0 radical (unpaired) electrons. The second kappa shape index (κ2) is 13.3. The first-order valence-corrected chi connectivity index (χ1v) is 12.7. The zero-order chi connectivity index (χ0) is 28.7. The molecule has 0 unspecified atom stereocenters. The van der Waals surface area contributed by atoms with Crippen molar-refractivity contribution in [3.8, 4) is 11.5 Å². The van der Waals surface area contributed by atoms with E-state index < -0.39 is 0 Å². The molecule has 0 bridgehead atoms. The molecule has 1 heterocycles. The molecule has 4 N–H and O–H groups in total. The summed E-state index contributed by atoms with van der Waals surface area (Å²) in [5, 5.41) is 6.65. The molecule has 39 heavy (non-hydrogen) atoms. The van der Waals surface area contributed by atoms with Crippen LogP contribution in [-0.4, -0.2) is 63.8 Å². The minimum Gasteiger partial charge on any atom is -0.495 e. The summed E-state index contributed by atoms with van der Waals surface area (Å²) < 4.78 is 10.8. The fraction of sp³-hybridized carbons (Fsp3) is 0.250. The van der Waals surface area contributed by atoms with Crippen molar-refractivity contribution < 1.29 is 14.3 Å². The summed E-state index contributed by atoms with van der Waals surface area (Å²) in [6.07, 6.45) is 2.94. The first-order chi connectivity index (χ1) is 18.6. The second-order valence-corrected chi connectivity index (χ2v) is 9.52. The summed E-state index contributed by atoms with van der Waals surface area (Å²) in [6, 6.07) is 6.97. The third-order valence-electron chi connectivity index (χ3n) is 5.80. The summed E-state index contributed by atoms with van der Waals surface area (Å²) in [5.74, 6) is 0.947. The van der Waals surface area contributed by atoms with Crippen LogP contribution in [0.2, 0.25) is 10.0 Å². The summed E-state index contributed by atoms with van der Waals surface area (Å²) in [5.41, 5.74) is 10.0. The Bertz CT molecular complexity index is 1350. The van der Waals surface area contributed by atoms with Crippen molar-refractivity contribution >= 4 is 57.7 Å². The van der Waals surface area contributed by atoms with Gasteiger partial charge in [-0.3, -0.25) is 9.79 Å². The van der Waals surface area contributed by atoms with Gasteiger partial charge in [0.2, 0.25) is 5.91 Å². The van der Waals surface area contributed by atoms with Crippen molar-refractivity contribution in [1.29, 1.82) is 0 Å². The minimum atomic E-state index is -0.352. The predicted octanol–water partition coefficient (Wildman–Crippen LogP) is 4.82. The predicted molar refractivity (Wildman–Crippen MR) is 161 cm³/mol.